The second kappa shape index (κ2) is 7.80. The minimum Gasteiger partial charge on any atom is -0.496 e. The molecule has 0 saturated carbocycles. The maximum absolute atomic E-state index is 13.0. The lowest BCUT2D eigenvalue weighted by Crippen LogP contribution is -2.27. The Balaban J connectivity index is 2.40. The highest BCUT2D eigenvalue weighted by Crippen LogP contribution is 2.32. The summed E-state index contributed by atoms with van der Waals surface area (Å²) >= 11 is 0. The number of rotatable bonds is 6. The summed E-state index contributed by atoms with van der Waals surface area (Å²) in [6, 6.07) is 9.23. The van der Waals surface area contributed by atoms with Crippen LogP contribution in [0.15, 0.2) is 35.2 Å². The number of methoxy groups -OCH3 is 1. The van der Waals surface area contributed by atoms with Crippen molar-refractivity contribution in [3.05, 3.63) is 58.1 Å². The van der Waals surface area contributed by atoms with Gasteiger partial charge in [-0.25, -0.2) is 13.1 Å². The Morgan fingerprint density at radius 1 is 0.923 bits per heavy atom. The van der Waals surface area contributed by atoms with Crippen LogP contribution in [0.2, 0.25) is 0 Å². The Morgan fingerprint density at radius 2 is 1.58 bits per heavy atom. The van der Waals surface area contributed by atoms with Gasteiger partial charge in [-0.3, -0.25) is 0 Å². The fraction of sp³-hybridized carbons (Fsp3) is 0.429. The first kappa shape index (κ1) is 20.5. The fourth-order valence-corrected chi connectivity index (χ4v) is 4.49. The Morgan fingerprint density at radius 3 is 2.12 bits per heavy atom. The third kappa shape index (κ3) is 4.27. The van der Waals surface area contributed by atoms with Crippen LogP contribution >= 0.6 is 0 Å². The van der Waals surface area contributed by atoms with Crippen LogP contribution in [0.25, 0.3) is 0 Å². The third-order valence-electron chi connectivity index (χ3n) is 4.80. The van der Waals surface area contributed by atoms with E-state index in [0.717, 1.165) is 22.4 Å². The average Bonchev–Trinajstić information content (AvgIpc) is 2.55. The molecule has 0 spiro atoms. The molecule has 142 valence electrons. The second-order valence-corrected chi connectivity index (χ2v) is 8.88. The van der Waals surface area contributed by atoms with Crippen molar-refractivity contribution in [1.29, 1.82) is 0 Å². The summed E-state index contributed by atoms with van der Waals surface area (Å²) in [7, 11) is -2.04. The van der Waals surface area contributed by atoms with Crippen molar-refractivity contribution >= 4 is 10.0 Å². The van der Waals surface area contributed by atoms with E-state index < -0.39 is 10.0 Å². The molecular weight excluding hydrogens is 346 g/mol. The predicted octanol–water partition coefficient (Wildman–Crippen LogP) is 4.78. The normalized spacial score (nSPS) is 13.1. The number of nitrogens with one attached hydrogen (secondary N) is 1. The van der Waals surface area contributed by atoms with Crippen LogP contribution in [0.1, 0.15) is 60.5 Å². The molecule has 26 heavy (non-hydrogen) atoms. The Hall–Kier alpha value is -1.85. The van der Waals surface area contributed by atoms with Gasteiger partial charge in [-0.2, -0.15) is 0 Å². The van der Waals surface area contributed by atoms with Crippen LogP contribution in [-0.2, 0) is 10.0 Å². The molecule has 0 fully saturated rings. The van der Waals surface area contributed by atoms with Crippen LogP contribution in [0, 0.1) is 20.8 Å². The molecule has 2 aromatic carbocycles. The van der Waals surface area contributed by atoms with Crippen molar-refractivity contribution in [2.75, 3.05) is 7.11 Å². The number of sulfonamides is 1. The van der Waals surface area contributed by atoms with Gasteiger partial charge in [0.1, 0.15) is 5.75 Å². The molecule has 0 saturated heterocycles. The number of aryl methyl sites for hydroxylation is 3. The van der Waals surface area contributed by atoms with Gasteiger partial charge in [0.25, 0.3) is 0 Å². The van der Waals surface area contributed by atoms with Crippen molar-refractivity contribution in [3.63, 3.8) is 0 Å². The molecule has 0 aliphatic carbocycles. The van der Waals surface area contributed by atoms with Gasteiger partial charge in [0.2, 0.25) is 10.0 Å². The van der Waals surface area contributed by atoms with Crippen LogP contribution in [0.4, 0.5) is 0 Å². The van der Waals surface area contributed by atoms with Crippen molar-refractivity contribution in [1.82, 2.24) is 4.72 Å². The lowest BCUT2D eigenvalue weighted by atomic mass is 10.0. The minimum absolute atomic E-state index is 0.164. The van der Waals surface area contributed by atoms with E-state index >= 15 is 0 Å². The zero-order valence-electron chi connectivity index (χ0n) is 16.7. The summed E-state index contributed by atoms with van der Waals surface area (Å²) in [4.78, 5) is 0.303. The van der Waals surface area contributed by atoms with Crippen LogP contribution in [-0.4, -0.2) is 15.5 Å². The van der Waals surface area contributed by atoms with Crippen LogP contribution in [0.3, 0.4) is 0 Å². The van der Waals surface area contributed by atoms with Gasteiger partial charge in [0.15, 0.2) is 0 Å². The highest BCUT2D eigenvalue weighted by Gasteiger charge is 2.23. The number of hydrogen-bond donors (Lipinski definition) is 1. The first-order valence-electron chi connectivity index (χ1n) is 8.84. The van der Waals surface area contributed by atoms with Gasteiger partial charge in [0.05, 0.1) is 12.0 Å². The van der Waals surface area contributed by atoms with Crippen molar-refractivity contribution in [2.24, 2.45) is 0 Å². The molecule has 1 N–H and O–H groups in total. The first-order valence-corrected chi connectivity index (χ1v) is 10.3. The maximum Gasteiger partial charge on any atom is 0.241 e. The average molecular weight is 376 g/mol. The molecule has 0 amide bonds. The molecule has 4 nitrogen and oxygen atoms in total. The smallest absolute Gasteiger partial charge is 0.241 e. The minimum atomic E-state index is -3.65. The summed E-state index contributed by atoms with van der Waals surface area (Å²) in [5.74, 6) is 0.885. The van der Waals surface area contributed by atoms with Crippen molar-refractivity contribution in [3.8, 4) is 5.75 Å². The van der Waals surface area contributed by atoms with Crippen LogP contribution < -0.4 is 9.46 Å². The molecule has 0 aliphatic rings. The summed E-state index contributed by atoms with van der Waals surface area (Å²) in [5, 5.41) is 0. The first-order chi connectivity index (χ1) is 12.1. The molecule has 2 aromatic rings. The third-order valence-corrected chi connectivity index (χ3v) is 6.48. The van der Waals surface area contributed by atoms with E-state index in [9.17, 15) is 8.42 Å². The highest BCUT2D eigenvalue weighted by molar-refractivity contribution is 7.89. The van der Waals surface area contributed by atoms with Gasteiger partial charge >= 0.3 is 0 Å². The van der Waals surface area contributed by atoms with Gasteiger partial charge in [-0.1, -0.05) is 32.0 Å². The Kier molecular flexibility index (Phi) is 6.14. The molecule has 5 heteroatoms. The largest absolute Gasteiger partial charge is 0.496 e. The number of ether oxygens (including phenoxy) is 1. The predicted molar refractivity (Wildman–Crippen MR) is 106 cm³/mol. The van der Waals surface area contributed by atoms with E-state index in [4.69, 9.17) is 4.74 Å². The molecule has 0 aromatic heterocycles. The molecule has 2 rings (SSSR count). The molecule has 1 unspecified atom stereocenters. The quantitative estimate of drug-likeness (QED) is 0.790. The van der Waals surface area contributed by atoms with E-state index in [-0.39, 0.29) is 12.0 Å². The summed E-state index contributed by atoms with van der Waals surface area (Å²) in [6.45, 7) is 11.8. The summed E-state index contributed by atoms with van der Waals surface area (Å²) < 4.78 is 34.2. The maximum atomic E-state index is 13.0. The molecule has 1 atom stereocenters. The van der Waals surface area contributed by atoms with Crippen molar-refractivity contribution < 1.29 is 13.2 Å². The van der Waals surface area contributed by atoms with Crippen molar-refractivity contribution in [2.45, 2.75) is 58.4 Å². The Labute approximate surface area is 157 Å². The van der Waals surface area contributed by atoms with E-state index in [1.807, 2.05) is 52.8 Å². The molecule has 0 heterocycles. The number of benzene rings is 2. The van der Waals surface area contributed by atoms with Gasteiger partial charge < -0.3 is 4.74 Å². The van der Waals surface area contributed by atoms with Gasteiger partial charge in [-0.15, -0.1) is 0 Å². The van der Waals surface area contributed by atoms with Crippen LogP contribution in [0.5, 0.6) is 5.75 Å². The molecule has 0 radical (unpaired) electrons. The van der Waals surface area contributed by atoms with Gasteiger partial charge in [-0.05, 0) is 73.6 Å². The standard InChI is InChI=1S/C21H29NO3S/c1-13(2)19-12-21(16(5)11-20(19)25-7)26(23,24)22-17(6)18-9-8-14(3)15(4)10-18/h8-13,17,22H,1-7H3. The SMILES string of the molecule is COc1cc(C)c(S(=O)(=O)NC(C)c2ccc(C)c(C)c2)cc1C(C)C. The van der Waals surface area contributed by atoms with E-state index in [0.29, 0.717) is 10.5 Å². The lowest BCUT2D eigenvalue weighted by molar-refractivity contribution is 0.406. The summed E-state index contributed by atoms with van der Waals surface area (Å²) in [6.07, 6.45) is 0. The molecule has 0 bridgehead atoms. The topological polar surface area (TPSA) is 55.4 Å². The van der Waals surface area contributed by atoms with E-state index in [1.54, 1.807) is 26.2 Å². The highest BCUT2D eigenvalue weighted by atomic mass is 32.2. The Bertz CT molecular complexity index is 902. The fourth-order valence-electron chi connectivity index (χ4n) is 2.99. The monoisotopic (exact) mass is 375 g/mol. The summed E-state index contributed by atoms with van der Waals surface area (Å²) in [5.41, 5.74) is 4.85. The van der Waals surface area contributed by atoms with E-state index in [1.165, 1.54) is 5.56 Å². The van der Waals surface area contributed by atoms with E-state index in [2.05, 4.69) is 4.72 Å². The number of hydrogen-bond acceptors (Lipinski definition) is 3. The zero-order valence-corrected chi connectivity index (χ0v) is 17.5. The lowest BCUT2D eigenvalue weighted by Gasteiger charge is -2.19. The zero-order chi connectivity index (χ0) is 19.6. The molecular formula is C21H29NO3S. The molecule has 0 aliphatic heterocycles. The second-order valence-electron chi connectivity index (χ2n) is 7.20. The van der Waals surface area contributed by atoms with Gasteiger partial charge in [0, 0.05) is 6.04 Å².